The molecule has 0 amide bonds. The molecule has 0 unspecified atom stereocenters. The summed E-state index contributed by atoms with van der Waals surface area (Å²) in [7, 11) is -4.90. The van der Waals surface area contributed by atoms with Gasteiger partial charge in [0.2, 0.25) is 10.4 Å². The van der Waals surface area contributed by atoms with Gasteiger partial charge in [0.05, 0.1) is 37.6 Å². The van der Waals surface area contributed by atoms with Crippen molar-refractivity contribution < 1.29 is 72.2 Å². The van der Waals surface area contributed by atoms with Crippen LogP contribution in [0, 0.1) is 52.3 Å². The van der Waals surface area contributed by atoms with E-state index in [0.29, 0.717) is 25.7 Å². The molecule has 0 aromatic heterocycles. The van der Waals surface area contributed by atoms with E-state index in [9.17, 15) is 38.5 Å². The van der Waals surface area contributed by atoms with Crippen molar-refractivity contribution in [3.8, 4) is 0 Å². The van der Waals surface area contributed by atoms with Crippen LogP contribution in [-0.4, -0.2) is 76.1 Å². The first-order valence-electron chi connectivity index (χ1n) is 14.2. The zero-order valence-electron chi connectivity index (χ0n) is 23.4. The van der Waals surface area contributed by atoms with E-state index in [-0.39, 0.29) is 82.0 Å². The predicted molar refractivity (Wildman–Crippen MR) is 135 cm³/mol. The van der Waals surface area contributed by atoms with Crippen molar-refractivity contribution in [1.82, 2.24) is 0 Å². The van der Waals surface area contributed by atoms with Gasteiger partial charge in [-0.15, -0.1) is 0 Å². The Labute approximate surface area is 250 Å². The maximum Gasteiger partial charge on any atom is 1.00 e. The fourth-order valence-electron chi connectivity index (χ4n) is 9.46. The summed E-state index contributed by atoms with van der Waals surface area (Å²) in [6, 6.07) is 0. The van der Waals surface area contributed by atoms with Crippen LogP contribution in [0.5, 0.6) is 0 Å². The van der Waals surface area contributed by atoms with Crippen LogP contribution in [0.1, 0.15) is 78.6 Å². The Kier molecular flexibility index (Phi) is 10.9. The van der Waals surface area contributed by atoms with Crippen molar-refractivity contribution in [3.05, 3.63) is 0 Å². The van der Waals surface area contributed by atoms with Crippen molar-refractivity contribution >= 4 is 10.4 Å². The molecule has 0 heterocycles. The first-order chi connectivity index (χ1) is 17.2. The molecular weight excluding hydrogens is 523 g/mol. The van der Waals surface area contributed by atoms with E-state index in [0.717, 1.165) is 32.1 Å². The summed E-state index contributed by atoms with van der Waals surface area (Å²) in [6.45, 7) is 5.56. The summed E-state index contributed by atoms with van der Waals surface area (Å²) >= 11 is 0. The third kappa shape index (κ3) is 6.21. The van der Waals surface area contributed by atoms with Crippen LogP contribution in [-0.2, 0) is 14.6 Å². The second-order valence-electron chi connectivity index (χ2n) is 13.3. The molecule has 0 radical (unpaired) electrons. The third-order valence-electron chi connectivity index (χ3n) is 11.6. The molecule has 4 fully saturated rings. The Morgan fingerprint density at radius 2 is 1.71 bits per heavy atom. The van der Waals surface area contributed by atoms with Gasteiger partial charge in [-0.1, -0.05) is 20.8 Å². The average molecular weight is 571 g/mol. The van der Waals surface area contributed by atoms with Gasteiger partial charge in [0.1, 0.15) is 0 Å². The molecule has 13 atom stereocenters. The molecule has 0 bridgehead atoms. The van der Waals surface area contributed by atoms with E-state index in [2.05, 4.69) is 25.0 Å². The minimum absolute atomic E-state index is 0. The van der Waals surface area contributed by atoms with E-state index in [1.165, 1.54) is 0 Å². The molecule has 0 spiro atoms. The molecule has 0 aromatic rings. The third-order valence-corrected chi connectivity index (χ3v) is 12.1. The van der Waals surface area contributed by atoms with Crippen molar-refractivity contribution in [2.75, 3.05) is 13.2 Å². The second kappa shape index (κ2) is 12.5. The second-order valence-corrected chi connectivity index (χ2v) is 14.3. The first-order valence-corrected chi connectivity index (χ1v) is 15.5. The SMILES string of the molecule is C[C@H](CC[C@@H](O)[C@@H](CO)COS(=O)(=O)[O-])[C@H]1CC[C@H]2[C@@H]3[C@H](O)C[C@@H]4C[C@H](O)CC[C@]4(C)[C@H]3C[C@H](O)[C@]12C.[Na+]. The van der Waals surface area contributed by atoms with Gasteiger partial charge >= 0.3 is 29.6 Å². The number of aliphatic hydroxyl groups is 5. The monoisotopic (exact) mass is 570 g/mol. The van der Waals surface area contributed by atoms with Crippen LogP contribution < -0.4 is 29.6 Å². The molecule has 5 N–H and O–H groups in total. The number of hydrogen-bond donors (Lipinski definition) is 5. The summed E-state index contributed by atoms with van der Waals surface area (Å²) in [5, 5.41) is 53.4. The Morgan fingerprint density at radius 3 is 2.34 bits per heavy atom. The van der Waals surface area contributed by atoms with Crippen LogP contribution in [0.4, 0.5) is 0 Å². The summed E-state index contributed by atoms with van der Waals surface area (Å²) in [5.41, 5.74) is -0.321. The number of fused-ring (bicyclic) bond motifs is 5. The topological polar surface area (TPSA) is 168 Å². The van der Waals surface area contributed by atoms with E-state index < -0.39 is 47.8 Å². The fraction of sp³-hybridized carbons (Fsp3) is 1.00. The maximum atomic E-state index is 11.7. The molecule has 4 aliphatic carbocycles. The predicted octanol–water partition coefficient (Wildman–Crippen LogP) is -1.19. The van der Waals surface area contributed by atoms with Gasteiger partial charge in [0.15, 0.2) is 0 Å². The number of aliphatic hydroxyl groups excluding tert-OH is 5. The first kappa shape index (κ1) is 33.2. The van der Waals surface area contributed by atoms with Gasteiger partial charge in [-0.25, -0.2) is 8.42 Å². The molecule has 0 aromatic carbocycles. The minimum Gasteiger partial charge on any atom is -0.726 e. The maximum absolute atomic E-state index is 11.7. The van der Waals surface area contributed by atoms with Gasteiger partial charge in [-0.05, 0) is 104 Å². The van der Waals surface area contributed by atoms with Gasteiger partial charge in [0, 0.05) is 5.92 Å². The molecule has 216 valence electrons. The summed E-state index contributed by atoms with van der Waals surface area (Å²) in [6.07, 6.45) is 4.42. The molecule has 4 saturated carbocycles. The summed E-state index contributed by atoms with van der Waals surface area (Å²) in [4.78, 5) is 0. The normalized spacial score (nSPS) is 45.2. The van der Waals surface area contributed by atoms with E-state index >= 15 is 0 Å². The van der Waals surface area contributed by atoms with Crippen LogP contribution >= 0.6 is 0 Å². The molecule has 4 rings (SSSR count). The average Bonchev–Trinajstić information content (AvgIpc) is 3.17. The minimum atomic E-state index is -4.90. The quantitative estimate of drug-likeness (QED) is 0.130. The van der Waals surface area contributed by atoms with E-state index in [4.69, 9.17) is 0 Å². The van der Waals surface area contributed by atoms with Crippen LogP contribution in [0.25, 0.3) is 0 Å². The van der Waals surface area contributed by atoms with Gasteiger partial charge in [0.25, 0.3) is 0 Å². The smallest absolute Gasteiger partial charge is 0.726 e. The molecule has 4 aliphatic rings. The molecule has 38 heavy (non-hydrogen) atoms. The molecule has 9 nitrogen and oxygen atoms in total. The Morgan fingerprint density at radius 1 is 1.03 bits per heavy atom. The van der Waals surface area contributed by atoms with Crippen molar-refractivity contribution in [2.45, 2.75) is 103 Å². The van der Waals surface area contributed by atoms with E-state index in [1.807, 2.05) is 0 Å². The molecule has 0 aliphatic heterocycles. The summed E-state index contributed by atoms with van der Waals surface area (Å²) < 4.78 is 36.5. The fourth-order valence-corrected chi connectivity index (χ4v) is 9.80. The summed E-state index contributed by atoms with van der Waals surface area (Å²) in [5.74, 6) is 0.355. The van der Waals surface area contributed by atoms with Crippen LogP contribution in [0.15, 0.2) is 0 Å². The Bertz CT molecular complexity index is 905. The molecule has 0 saturated heterocycles. The molecular formula is C27H47NaO9S. The molecule has 11 heteroatoms. The number of rotatable bonds is 9. The van der Waals surface area contributed by atoms with Crippen molar-refractivity contribution in [1.29, 1.82) is 0 Å². The Balaban J connectivity index is 0.00000400. The van der Waals surface area contributed by atoms with Gasteiger partial charge < -0.3 is 30.1 Å². The van der Waals surface area contributed by atoms with Gasteiger partial charge in [-0.2, -0.15) is 0 Å². The van der Waals surface area contributed by atoms with Crippen LogP contribution in [0.3, 0.4) is 0 Å². The van der Waals surface area contributed by atoms with Crippen molar-refractivity contribution in [3.63, 3.8) is 0 Å². The van der Waals surface area contributed by atoms with Crippen LogP contribution in [0.2, 0.25) is 0 Å². The van der Waals surface area contributed by atoms with Crippen molar-refractivity contribution in [2.24, 2.45) is 52.3 Å². The number of hydrogen-bond acceptors (Lipinski definition) is 9. The largest absolute Gasteiger partial charge is 1.00 e. The standard InChI is InChI=1S/C27H48O9S.Na/c1-15(4-7-22(30)16(13-28)14-36-37(33,34)35)19-5-6-20-25-21(12-24(32)27(19,20)3)26(2)9-8-18(29)10-17(26)11-23(25)31;/h15-25,28-32H,4-14H2,1-3H3,(H,33,34,35);/q;+1/p-1/t15-,16+,17+,18-,19-,20+,21+,22-,23-,24+,25+,26+,27-;/m1./s1. The van der Waals surface area contributed by atoms with E-state index in [1.54, 1.807) is 0 Å². The Hall–Kier alpha value is 0.670. The van der Waals surface area contributed by atoms with Gasteiger partial charge in [-0.3, -0.25) is 4.18 Å². The zero-order chi connectivity index (χ0) is 27.3. The zero-order valence-corrected chi connectivity index (χ0v) is 26.2.